The smallest absolute Gasteiger partial charge is 0.253 e. The van der Waals surface area contributed by atoms with Crippen molar-refractivity contribution in [2.75, 3.05) is 19.0 Å². The van der Waals surface area contributed by atoms with Gasteiger partial charge in [-0.15, -0.1) is 0 Å². The molecular weight excluding hydrogens is 428 g/mol. The van der Waals surface area contributed by atoms with Gasteiger partial charge in [-0.3, -0.25) is 14.4 Å². The van der Waals surface area contributed by atoms with Crippen molar-refractivity contribution in [3.05, 3.63) is 102 Å². The summed E-state index contributed by atoms with van der Waals surface area (Å²) in [5, 5.41) is 2.17. The molecule has 4 aromatic rings. The first kappa shape index (κ1) is 22.8. The maximum atomic E-state index is 13.3. The summed E-state index contributed by atoms with van der Waals surface area (Å²) in [6.45, 7) is 0.271. The highest BCUT2D eigenvalue weighted by Gasteiger charge is 2.22. The van der Waals surface area contributed by atoms with Gasteiger partial charge < -0.3 is 9.80 Å². The van der Waals surface area contributed by atoms with E-state index < -0.39 is 5.78 Å². The molecule has 0 fully saturated rings. The number of anilines is 1. The Bertz CT molecular complexity index is 1340. The van der Waals surface area contributed by atoms with Gasteiger partial charge in [-0.1, -0.05) is 36.4 Å². The van der Waals surface area contributed by atoms with Crippen molar-refractivity contribution in [1.82, 2.24) is 14.9 Å². The second kappa shape index (κ2) is 10.0. The molecule has 170 valence electrons. The van der Waals surface area contributed by atoms with Crippen molar-refractivity contribution < 1.29 is 14.4 Å². The molecule has 4 rings (SSSR count). The van der Waals surface area contributed by atoms with Crippen molar-refractivity contribution in [2.45, 2.75) is 13.0 Å². The van der Waals surface area contributed by atoms with E-state index in [0.717, 1.165) is 16.3 Å². The van der Waals surface area contributed by atoms with Gasteiger partial charge in [0.2, 0.25) is 11.7 Å². The van der Waals surface area contributed by atoms with Gasteiger partial charge in [0.15, 0.2) is 5.82 Å². The van der Waals surface area contributed by atoms with E-state index in [1.807, 2.05) is 42.5 Å². The van der Waals surface area contributed by atoms with Crippen molar-refractivity contribution in [3.63, 3.8) is 0 Å². The third-order valence-corrected chi connectivity index (χ3v) is 5.41. The van der Waals surface area contributed by atoms with Crippen LogP contribution in [0, 0.1) is 0 Å². The largest absolute Gasteiger partial charge is 0.345 e. The first-order valence-corrected chi connectivity index (χ1v) is 10.8. The minimum atomic E-state index is -0.450. The van der Waals surface area contributed by atoms with Gasteiger partial charge in [-0.2, -0.15) is 0 Å². The zero-order chi connectivity index (χ0) is 24.1. The summed E-state index contributed by atoms with van der Waals surface area (Å²) in [4.78, 5) is 49.1. The predicted octanol–water partition coefficient (Wildman–Crippen LogP) is 4.14. The molecule has 0 radical (unpaired) electrons. The molecule has 0 saturated heterocycles. The monoisotopic (exact) mass is 452 g/mol. The van der Waals surface area contributed by atoms with Crippen LogP contribution in [-0.4, -0.2) is 46.6 Å². The minimum Gasteiger partial charge on any atom is -0.345 e. The van der Waals surface area contributed by atoms with Gasteiger partial charge in [0, 0.05) is 37.7 Å². The SMILES string of the molecule is CN(C)C(=O)c1ccc(N(Cc2ccc3ccccc3c2)C(=O)CC(=O)c2ncccn2)cc1. The lowest BCUT2D eigenvalue weighted by Gasteiger charge is -2.23. The summed E-state index contributed by atoms with van der Waals surface area (Å²) in [5.74, 6) is -0.949. The average molecular weight is 453 g/mol. The van der Waals surface area contributed by atoms with Crippen LogP contribution < -0.4 is 4.90 Å². The molecule has 0 aliphatic rings. The molecule has 0 N–H and O–H groups in total. The fourth-order valence-corrected chi connectivity index (χ4v) is 3.64. The van der Waals surface area contributed by atoms with Crippen LogP contribution in [0.2, 0.25) is 0 Å². The summed E-state index contributed by atoms with van der Waals surface area (Å²) in [6, 6.07) is 22.4. The molecule has 0 bridgehead atoms. The number of nitrogens with zero attached hydrogens (tertiary/aromatic N) is 4. The molecule has 1 aromatic heterocycles. The van der Waals surface area contributed by atoms with Crippen LogP contribution >= 0.6 is 0 Å². The lowest BCUT2D eigenvalue weighted by Crippen LogP contribution is -2.32. The van der Waals surface area contributed by atoms with Crippen LogP contribution in [-0.2, 0) is 11.3 Å². The van der Waals surface area contributed by atoms with Crippen molar-refractivity contribution in [3.8, 4) is 0 Å². The Labute approximate surface area is 197 Å². The Balaban J connectivity index is 1.64. The molecule has 0 unspecified atom stereocenters. The highest BCUT2D eigenvalue weighted by atomic mass is 16.2. The first-order chi connectivity index (χ1) is 16.4. The molecular formula is C27H24N4O3. The van der Waals surface area contributed by atoms with E-state index in [4.69, 9.17) is 0 Å². The Kier molecular flexibility index (Phi) is 6.73. The van der Waals surface area contributed by atoms with Crippen LogP contribution in [0.1, 0.15) is 33.0 Å². The topological polar surface area (TPSA) is 83.5 Å². The average Bonchev–Trinajstić information content (AvgIpc) is 2.87. The quantitative estimate of drug-likeness (QED) is 0.311. The summed E-state index contributed by atoms with van der Waals surface area (Å²) < 4.78 is 0. The molecule has 2 amide bonds. The van der Waals surface area contributed by atoms with Gasteiger partial charge in [-0.05, 0) is 52.7 Å². The number of ketones is 1. The number of Topliss-reactive ketones (excluding diaryl/α,β-unsaturated/α-hetero) is 1. The molecule has 7 heteroatoms. The lowest BCUT2D eigenvalue weighted by molar-refractivity contribution is -0.117. The van der Waals surface area contributed by atoms with E-state index in [-0.39, 0.29) is 30.6 Å². The molecule has 0 saturated carbocycles. The van der Waals surface area contributed by atoms with Crippen LogP contribution in [0.15, 0.2) is 85.2 Å². The highest BCUT2D eigenvalue weighted by Crippen LogP contribution is 2.23. The number of hydrogen-bond acceptors (Lipinski definition) is 5. The van der Waals surface area contributed by atoms with Gasteiger partial charge in [0.25, 0.3) is 5.91 Å². The van der Waals surface area contributed by atoms with E-state index in [9.17, 15) is 14.4 Å². The molecule has 1 heterocycles. The van der Waals surface area contributed by atoms with Gasteiger partial charge in [0.1, 0.15) is 0 Å². The maximum absolute atomic E-state index is 13.3. The number of carbonyl (C=O) groups excluding carboxylic acids is 3. The Morgan fingerprint density at radius 2 is 1.47 bits per heavy atom. The van der Waals surface area contributed by atoms with E-state index >= 15 is 0 Å². The van der Waals surface area contributed by atoms with E-state index in [2.05, 4.69) is 9.97 Å². The van der Waals surface area contributed by atoms with Crippen LogP contribution in [0.3, 0.4) is 0 Å². The predicted molar refractivity (Wildman–Crippen MR) is 131 cm³/mol. The number of amides is 2. The number of hydrogen-bond donors (Lipinski definition) is 0. The second-order valence-electron chi connectivity index (χ2n) is 8.08. The normalized spacial score (nSPS) is 10.6. The number of fused-ring (bicyclic) bond motifs is 1. The maximum Gasteiger partial charge on any atom is 0.253 e. The highest BCUT2D eigenvalue weighted by molar-refractivity contribution is 6.10. The summed E-state index contributed by atoms with van der Waals surface area (Å²) >= 11 is 0. The Hall–Kier alpha value is -4.39. The van der Waals surface area contributed by atoms with Gasteiger partial charge in [-0.25, -0.2) is 9.97 Å². The zero-order valence-corrected chi connectivity index (χ0v) is 19.0. The molecule has 3 aromatic carbocycles. The molecule has 0 atom stereocenters. The number of aromatic nitrogens is 2. The lowest BCUT2D eigenvalue weighted by atomic mass is 10.1. The molecule has 0 aliphatic heterocycles. The van der Waals surface area contributed by atoms with E-state index in [1.165, 1.54) is 17.3 Å². The molecule has 0 aliphatic carbocycles. The molecule has 0 spiro atoms. The first-order valence-electron chi connectivity index (χ1n) is 10.8. The number of carbonyl (C=O) groups is 3. The Morgan fingerprint density at radius 1 is 0.794 bits per heavy atom. The fourth-order valence-electron chi connectivity index (χ4n) is 3.64. The minimum absolute atomic E-state index is 0.00781. The van der Waals surface area contributed by atoms with Gasteiger partial charge in [0.05, 0.1) is 13.0 Å². The Morgan fingerprint density at radius 3 is 2.15 bits per heavy atom. The fraction of sp³-hybridized carbons (Fsp3) is 0.148. The molecule has 34 heavy (non-hydrogen) atoms. The third-order valence-electron chi connectivity index (χ3n) is 5.41. The van der Waals surface area contributed by atoms with Crippen LogP contribution in [0.4, 0.5) is 5.69 Å². The summed E-state index contributed by atoms with van der Waals surface area (Å²) in [7, 11) is 3.37. The molecule has 7 nitrogen and oxygen atoms in total. The van der Waals surface area contributed by atoms with Crippen LogP contribution in [0.25, 0.3) is 10.8 Å². The van der Waals surface area contributed by atoms with Crippen molar-refractivity contribution >= 4 is 34.1 Å². The number of benzene rings is 3. The van der Waals surface area contributed by atoms with Crippen molar-refractivity contribution in [2.24, 2.45) is 0 Å². The van der Waals surface area contributed by atoms with Crippen LogP contribution in [0.5, 0.6) is 0 Å². The standard InChI is InChI=1S/C27H24N4O3/c1-30(2)27(34)21-10-12-23(13-11-21)31(25(33)17-24(32)26-28-14-5-15-29-26)18-19-8-9-20-6-3-4-7-22(20)16-19/h3-16H,17-18H2,1-2H3. The number of rotatable bonds is 7. The van der Waals surface area contributed by atoms with E-state index in [1.54, 1.807) is 49.3 Å². The summed E-state index contributed by atoms with van der Waals surface area (Å²) in [5.41, 5.74) is 2.03. The third kappa shape index (κ3) is 5.15. The zero-order valence-electron chi connectivity index (χ0n) is 19.0. The summed E-state index contributed by atoms with van der Waals surface area (Å²) in [6.07, 6.45) is 2.58. The van der Waals surface area contributed by atoms with E-state index in [0.29, 0.717) is 11.3 Å². The van der Waals surface area contributed by atoms with Gasteiger partial charge >= 0.3 is 0 Å². The van der Waals surface area contributed by atoms with Crippen molar-refractivity contribution in [1.29, 1.82) is 0 Å². The second-order valence-corrected chi connectivity index (χ2v) is 8.08.